The van der Waals surface area contributed by atoms with Crippen LogP contribution in [0.2, 0.25) is 0 Å². The van der Waals surface area contributed by atoms with Crippen molar-refractivity contribution in [3.63, 3.8) is 0 Å². The summed E-state index contributed by atoms with van der Waals surface area (Å²) < 4.78 is 29.4. The normalized spacial score (nSPS) is 21.4. The van der Waals surface area contributed by atoms with E-state index < -0.39 is 15.3 Å². The van der Waals surface area contributed by atoms with Crippen molar-refractivity contribution >= 4 is 50.5 Å². The highest BCUT2D eigenvalue weighted by molar-refractivity contribution is 7.93. The van der Waals surface area contributed by atoms with Crippen molar-refractivity contribution in [1.82, 2.24) is 0 Å². The number of benzene rings is 2. The molecule has 0 unspecified atom stereocenters. The summed E-state index contributed by atoms with van der Waals surface area (Å²) in [7, 11) is -3.57. The molecule has 1 aliphatic carbocycles. The Morgan fingerprint density at radius 2 is 1.76 bits per heavy atom. The van der Waals surface area contributed by atoms with Gasteiger partial charge in [-0.05, 0) is 62.3 Å². The Bertz CT molecular complexity index is 1120. The van der Waals surface area contributed by atoms with Crippen LogP contribution in [0.1, 0.15) is 49.7 Å². The van der Waals surface area contributed by atoms with E-state index in [2.05, 4.69) is 9.62 Å². The Hall–Kier alpha value is -2.51. The largest absolute Gasteiger partial charge is 0.398 e. The van der Waals surface area contributed by atoms with Crippen LogP contribution in [0.3, 0.4) is 0 Å². The standard InChI is InChI=1S/C25H31ClN4O2S/c26-19-9-11-20(12-10-19)33(31,32)29-24-16-21(22(27)13-8-18-6-2-1-3-7-18)23(28)17-25(24)30-14-4-5-15-30/h1-3,6-8,13,16-17,19-20,27,29H,4-5,9-12,14-15,28H2/p+1/b13-8+,27-22?. The Kier molecular flexibility index (Phi) is 7.29. The second-order valence-corrected chi connectivity index (χ2v) is 11.4. The number of nitrogens with zero attached hydrogens (tertiary/aromatic N) is 1. The number of hydrogen-bond donors (Lipinski definition) is 3. The molecule has 33 heavy (non-hydrogen) atoms. The Labute approximate surface area is 201 Å². The molecule has 2 aromatic rings. The van der Waals surface area contributed by atoms with Crippen molar-refractivity contribution in [2.24, 2.45) is 0 Å². The van der Waals surface area contributed by atoms with E-state index in [0.29, 0.717) is 48.3 Å². The zero-order valence-electron chi connectivity index (χ0n) is 18.7. The van der Waals surface area contributed by atoms with Gasteiger partial charge in [0.25, 0.3) is 0 Å². The van der Waals surface area contributed by atoms with Crippen molar-refractivity contribution in [2.75, 3.05) is 28.4 Å². The van der Waals surface area contributed by atoms with Crippen molar-refractivity contribution in [2.45, 2.75) is 49.2 Å². The molecule has 1 saturated heterocycles. The fraction of sp³-hybridized carbons (Fsp3) is 0.400. The van der Waals surface area contributed by atoms with E-state index in [-0.39, 0.29) is 5.38 Å². The molecular formula is C25H32ClN4O2S+. The average Bonchev–Trinajstić information content (AvgIpc) is 3.34. The summed E-state index contributed by atoms with van der Waals surface area (Å²) in [5.74, 6) is 0. The molecule has 0 bridgehead atoms. The number of hydrogen-bond acceptors (Lipinski definition) is 4. The molecule has 176 valence electrons. The molecule has 0 aromatic heterocycles. The molecule has 2 aromatic carbocycles. The molecule has 0 atom stereocenters. The maximum Gasteiger partial charge on any atom is 0.235 e. The number of nitrogens with one attached hydrogen (secondary N) is 1. The Morgan fingerprint density at radius 1 is 1.09 bits per heavy atom. The molecule has 8 heteroatoms. The van der Waals surface area contributed by atoms with Crippen LogP contribution in [0.15, 0.2) is 48.5 Å². The van der Waals surface area contributed by atoms with Crippen LogP contribution in [0.4, 0.5) is 17.1 Å². The van der Waals surface area contributed by atoms with Gasteiger partial charge in [-0.15, -0.1) is 11.6 Å². The van der Waals surface area contributed by atoms with Gasteiger partial charge in [-0.3, -0.25) is 10.1 Å². The molecule has 1 aliphatic heterocycles. The number of halogens is 1. The average molecular weight is 488 g/mol. The van der Waals surface area contributed by atoms with Gasteiger partial charge in [0.1, 0.15) is 0 Å². The van der Waals surface area contributed by atoms with Crippen molar-refractivity contribution < 1.29 is 13.8 Å². The van der Waals surface area contributed by atoms with E-state index in [1.54, 1.807) is 12.1 Å². The maximum absolute atomic E-state index is 13.2. The van der Waals surface area contributed by atoms with Crippen LogP contribution in [0.25, 0.3) is 6.08 Å². The van der Waals surface area contributed by atoms with Gasteiger partial charge in [-0.2, -0.15) is 0 Å². The molecule has 2 fully saturated rings. The second-order valence-electron chi connectivity index (χ2n) is 8.87. The SMILES string of the molecule is Nc1cc(N2CCCC2)c(NS(=O)(=O)C2CCC(Cl)CC2)cc1C(=[NH2+])/C=C/c1ccccc1. The third-order valence-corrected chi connectivity index (χ3v) is 8.77. The van der Waals surface area contributed by atoms with E-state index >= 15 is 0 Å². The quantitative estimate of drug-likeness (QED) is 0.316. The van der Waals surface area contributed by atoms with Crippen molar-refractivity contribution in [3.8, 4) is 0 Å². The van der Waals surface area contributed by atoms with E-state index in [1.165, 1.54) is 0 Å². The highest BCUT2D eigenvalue weighted by Gasteiger charge is 2.31. The summed E-state index contributed by atoms with van der Waals surface area (Å²) in [6.07, 6.45) is 8.42. The molecule has 2 aliphatic rings. The molecule has 5 N–H and O–H groups in total. The molecule has 4 rings (SSSR count). The lowest BCUT2D eigenvalue weighted by Crippen LogP contribution is -2.39. The summed E-state index contributed by atoms with van der Waals surface area (Å²) in [5.41, 5.74) is 10.4. The number of anilines is 3. The van der Waals surface area contributed by atoms with E-state index in [9.17, 15) is 8.42 Å². The summed E-state index contributed by atoms with van der Waals surface area (Å²) >= 11 is 6.19. The van der Waals surface area contributed by atoms with Gasteiger partial charge < -0.3 is 10.6 Å². The summed E-state index contributed by atoms with van der Waals surface area (Å²) in [5, 5.41) is 6.00. The lowest BCUT2D eigenvalue weighted by atomic mass is 10.00. The van der Waals surface area contributed by atoms with E-state index in [4.69, 9.17) is 22.7 Å². The first kappa shape index (κ1) is 23.6. The van der Waals surface area contributed by atoms with Gasteiger partial charge in [-0.25, -0.2) is 8.42 Å². The summed E-state index contributed by atoms with van der Waals surface area (Å²) in [4.78, 5) is 2.18. The third-order valence-electron chi connectivity index (χ3n) is 6.48. The minimum atomic E-state index is -3.57. The number of rotatable bonds is 7. The van der Waals surface area contributed by atoms with E-state index in [0.717, 1.165) is 37.2 Å². The smallest absolute Gasteiger partial charge is 0.235 e. The first-order valence-corrected chi connectivity index (χ1v) is 13.5. The van der Waals surface area contributed by atoms with Crippen LogP contribution in [-0.2, 0) is 10.0 Å². The van der Waals surface area contributed by atoms with Gasteiger partial charge in [0.05, 0.1) is 22.2 Å². The van der Waals surface area contributed by atoms with Crippen LogP contribution < -0.4 is 20.8 Å². The third kappa shape index (κ3) is 5.71. The van der Waals surface area contributed by atoms with Gasteiger partial charge in [0, 0.05) is 30.2 Å². The lowest BCUT2D eigenvalue weighted by Gasteiger charge is -2.27. The predicted octanol–water partition coefficient (Wildman–Crippen LogP) is 3.42. The highest BCUT2D eigenvalue weighted by atomic mass is 35.5. The molecule has 1 heterocycles. The molecule has 0 radical (unpaired) electrons. The Morgan fingerprint density at radius 3 is 2.42 bits per heavy atom. The lowest BCUT2D eigenvalue weighted by molar-refractivity contribution is -0.110. The minimum Gasteiger partial charge on any atom is -0.398 e. The van der Waals surface area contributed by atoms with Gasteiger partial charge in [0.2, 0.25) is 15.7 Å². The topological polar surface area (TPSA) is 101 Å². The van der Waals surface area contributed by atoms with Gasteiger partial charge in [0.15, 0.2) is 0 Å². The molecule has 0 spiro atoms. The fourth-order valence-corrected chi connectivity index (χ4v) is 6.35. The van der Waals surface area contributed by atoms with Gasteiger partial charge >= 0.3 is 0 Å². The number of allylic oxidation sites excluding steroid dienone is 1. The Balaban J connectivity index is 1.65. The summed E-state index contributed by atoms with van der Waals surface area (Å²) in [6, 6.07) is 13.5. The summed E-state index contributed by atoms with van der Waals surface area (Å²) in [6.45, 7) is 1.75. The monoisotopic (exact) mass is 487 g/mol. The highest BCUT2D eigenvalue weighted by Crippen LogP contribution is 2.36. The first-order valence-electron chi connectivity index (χ1n) is 11.5. The van der Waals surface area contributed by atoms with E-state index in [1.807, 2.05) is 42.5 Å². The first-order chi connectivity index (χ1) is 15.8. The molecule has 6 nitrogen and oxygen atoms in total. The molecule has 0 amide bonds. The second kappa shape index (κ2) is 10.2. The van der Waals surface area contributed by atoms with Gasteiger partial charge in [-0.1, -0.05) is 30.3 Å². The fourth-order valence-electron chi connectivity index (χ4n) is 4.56. The van der Waals surface area contributed by atoms with Crippen LogP contribution in [0.5, 0.6) is 0 Å². The molecule has 1 saturated carbocycles. The number of alkyl halides is 1. The number of nitrogens with two attached hydrogens (primary N) is 2. The van der Waals surface area contributed by atoms with Crippen LogP contribution in [0, 0.1) is 0 Å². The maximum atomic E-state index is 13.2. The van der Waals surface area contributed by atoms with Crippen molar-refractivity contribution in [1.29, 1.82) is 0 Å². The zero-order chi connectivity index (χ0) is 23.4. The van der Waals surface area contributed by atoms with Crippen LogP contribution >= 0.6 is 11.6 Å². The van der Waals surface area contributed by atoms with Crippen LogP contribution in [-0.4, -0.2) is 37.8 Å². The minimum absolute atomic E-state index is 0.0607. The molecular weight excluding hydrogens is 456 g/mol. The zero-order valence-corrected chi connectivity index (χ0v) is 20.3. The number of nitrogen functional groups attached to an aromatic ring is 1. The number of sulfonamides is 1. The predicted molar refractivity (Wildman–Crippen MR) is 138 cm³/mol. The van der Waals surface area contributed by atoms with Crippen molar-refractivity contribution in [3.05, 3.63) is 59.7 Å².